The first-order valence-corrected chi connectivity index (χ1v) is 7.65. The van der Waals surface area contributed by atoms with Gasteiger partial charge in [0, 0.05) is 31.8 Å². The van der Waals surface area contributed by atoms with E-state index in [1.807, 2.05) is 12.1 Å². The van der Waals surface area contributed by atoms with Crippen molar-refractivity contribution >= 4 is 5.82 Å². The Morgan fingerprint density at radius 3 is 2.81 bits per heavy atom. The SMILES string of the molecule is N#Cc1ccc(N2CCC(OCC3CCOC3)CC2)nc1. The number of aromatic nitrogens is 1. The Balaban J connectivity index is 1.44. The number of nitrogens with zero attached hydrogens (tertiary/aromatic N) is 3. The first kappa shape index (κ1) is 14.3. The van der Waals surface area contributed by atoms with E-state index in [2.05, 4.69) is 16.0 Å². The summed E-state index contributed by atoms with van der Waals surface area (Å²) in [5.74, 6) is 1.54. The highest BCUT2D eigenvalue weighted by Crippen LogP contribution is 2.21. The summed E-state index contributed by atoms with van der Waals surface area (Å²) < 4.78 is 11.4. The molecule has 0 saturated carbocycles. The molecule has 21 heavy (non-hydrogen) atoms. The van der Waals surface area contributed by atoms with Crippen LogP contribution in [-0.2, 0) is 9.47 Å². The molecule has 2 aliphatic rings. The van der Waals surface area contributed by atoms with Crippen molar-refractivity contribution in [2.45, 2.75) is 25.4 Å². The largest absolute Gasteiger partial charge is 0.381 e. The van der Waals surface area contributed by atoms with Crippen LogP contribution in [0.25, 0.3) is 0 Å². The number of rotatable bonds is 4. The molecule has 1 aromatic heterocycles. The zero-order valence-corrected chi connectivity index (χ0v) is 12.2. The fourth-order valence-corrected chi connectivity index (χ4v) is 2.88. The smallest absolute Gasteiger partial charge is 0.128 e. The minimum absolute atomic E-state index is 0.361. The van der Waals surface area contributed by atoms with Crippen molar-refractivity contribution in [3.63, 3.8) is 0 Å². The van der Waals surface area contributed by atoms with E-state index in [9.17, 15) is 0 Å². The highest BCUT2D eigenvalue weighted by atomic mass is 16.5. The summed E-state index contributed by atoms with van der Waals surface area (Å²) in [6.45, 7) is 4.50. The van der Waals surface area contributed by atoms with Gasteiger partial charge in [-0.1, -0.05) is 0 Å². The molecule has 1 aromatic rings. The van der Waals surface area contributed by atoms with Crippen LogP contribution < -0.4 is 4.90 Å². The van der Waals surface area contributed by atoms with E-state index < -0.39 is 0 Å². The zero-order valence-electron chi connectivity index (χ0n) is 12.2. The molecule has 5 nitrogen and oxygen atoms in total. The molecule has 112 valence electrons. The van der Waals surface area contributed by atoms with E-state index in [1.165, 1.54) is 0 Å². The molecule has 3 rings (SSSR count). The van der Waals surface area contributed by atoms with Crippen molar-refractivity contribution in [1.29, 1.82) is 5.26 Å². The van der Waals surface area contributed by atoms with Crippen LogP contribution in [0.5, 0.6) is 0 Å². The Kier molecular flexibility index (Phi) is 4.69. The van der Waals surface area contributed by atoms with Crippen LogP contribution in [0.4, 0.5) is 5.82 Å². The van der Waals surface area contributed by atoms with Crippen LogP contribution in [0.2, 0.25) is 0 Å². The lowest BCUT2D eigenvalue weighted by Crippen LogP contribution is -2.38. The number of anilines is 1. The lowest BCUT2D eigenvalue weighted by molar-refractivity contribution is 0.0131. The summed E-state index contributed by atoms with van der Waals surface area (Å²) in [6.07, 6.45) is 5.21. The van der Waals surface area contributed by atoms with Gasteiger partial charge in [0.05, 0.1) is 24.9 Å². The van der Waals surface area contributed by atoms with Crippen molar-refractivity contribution in [2.24, 2.45) is 5.92 Å². The van der Waals surface area contributed by atoms with Crippen LogP contribution in [0, 0.1) is 17.2 Å². The molecule has 2 fully saturated rings. The molecule has 0 spiro atoms. The second kappa shape index (κ2) is 6.88. The van der Waals surface area contributed by atoms with Crippen molar-refractivity contribution < 1.29 is 9.47 Å². The highest BCUT2D eigenvalue weighted by Gasteiger charge is 2.23. The van der Waals surface area contributed by atoms with Crippen molar-refractivity contribution in [1.82, 2.24) is 4.98 Å². The number of nitriles is 1. The predicted molar refractivity (Wildman–Crippen MR) is 79.1 cm³/mol. The van der Waals surface area contributed by atoms with Gasteiger partial charge in [-0.3, -0.25) is 0 Å². The van der Waals surface area contributed by atoms with Gasteiger partial charge in [0.2, 0.25) is 0 Å². The van der Waals surface area contributed by atoms with Gasteiger partial charge in [-0.15, -0.1) is 0 Å². The Bertz CT molecular complexity index is 483. The molecule has 3 heterocycles. The summed E-state index contributed by atoms with van der Waals surface area (Å²) in [4.78, 5) is 6.62. The third kappa shape index (κ3) is 3.72. The first-order chi connectivity index (χ1) is 10.3. The third-order valence-electron chi connectivity index (χ3n) is 4.23. The summed E-state index contributed by atoms with van der Waals surface area (Å²) in [6, 6.07) is 5.85. The average molecular weight is 287 g/mol. The van der Waals surface area contributed by atoms with Crippen molar-refractivity contribution in [3.8, 4) is 6.07 Å². The lowest BCUT2D eigenvalue weighted by atomic mass is 10.1. The predicted octanol–water partition coefficient (Wildman–Crippen LogP) is 1.98. The van der Waals surface area contributed by atoms with Crippen LogP contribution in [0.3, 0.4) is 0 Å². The molecule has 0 amide bonds. The minimum atomic E-state index is 0.361. The van der Waals surface area contributed by atoms with Gasteiger partial charge >= 0.3 is 0 Å². The zero-order chi connectivity index (χ0) is 14.5. The monoisotopic (exact) mass is 287 g/mol. The average Bonchev–Trinajstić information content (AvgIpc) is 3.07. The summed E-state index contributed by atoms with van der Waals surface area (Å²) in [7, 11) is 0. The quantitative estimate of drug-likeness (QED) is 0.847. The minimum Gasteiger partial charge on any atom is -0.381 e. The molecular formula is C16H21N3O2. The van der Waals surface area contributed by atoms with Crippen LogP contribution in [-0.4, -0.2) is 44.0 Å². The molecule has 2 aliphatic heterocycles. The summed E-state index contributed by atoms with van der Waals surface area (Å²) >= 11 is 0. The molecule has 2 saturated heterocycles. The number of hydrogen-bond donors (Lipinski definition) is 0. The van der Waals surface area contributed by atoms with Gasteiger partial charge in [0.15, 0.2) is 0 Å². The van der Waals surface area contributed by atoms with Crippen LogP contribution in [0.1, 0.15) is 24.8 Å². The Morgan fingerprint density at radius 1 is 1.33 bits per heavy atom. The Morgan fingerprint density at radius 2 is 2.19 bits per heavy atom. The molecule has 0 radical (unpaired) electrons. The lowest BCUT2D eigenvalue weighted by Gasteiger charge is -2.33. The second-order valence-corrected chi connectivity index (χ2v) is 5.77. The topological polar surface area (TPSA) is 58.4 Å². The second-order valence-electron chi connectivity index (χ2n) is 5.77. The van der Waals surface area contributed by atoms with E-state index in [0.29, 0.717) is 17.6 Å². The molecule has 0 aliphatic carbocycles. The van der Waals surface area contributed by atoms with Crippen molar-refractivity contribution in [3.05, 3.63) is 23.9 Å². The molecule has 0 N–H and O–H groups in total. The molecular weight excluding hydrogens is 266 g/mol. The van der Waals surface area contributed by atoms with E-state index >= 15 is 0 Å². The normalized spacial score (nSPS) is 23.2. The fraction of sp³-hybridized carbons (Fsp3) is 0.625. The van der Waals surface area contributed by atoms with Gasteiger partial charge in [-0.05, 0) is 31.4 Å². The maximum absolute atomic E-state index is 8.79. The molecule has 0 aromatic carbocycles. The van der Waals surface area contributed by atoms with E-state index in [0.717, 1.165) is 58.0 Å². The standard InChI is InChI=1S/C16H21N3O2/c17-9-13-1-2-16(18-10-13)19-6-3-15(4-7-19)21-12-14-5-8-20-11-14/h1-2,10,14-15H,3-8,11-12H2. The van der Waals surface area contributed by atoms with Crippen molar-refractivity contribution in [2.75, 3.05) is 37.8 Å². The Hall–Kier alpha value is -1.64. The number of ether oxygens (including phenoxy) is 2. The third-order valence-corrected chi connectivity index (χ3v) is 4.23. The van der Waals surface area contributed by atoms with Crippen LogP contribution >= 0.6 is 0 Å². The van der Waals surface area contributed by atoms with Gasteiger partial charge < -0.3 is 14.4 Å². The van der Waals surface area contributed by atoms with E-state index in [-0.39, 0.29) is 0 Å². The van der Waals surface area contributed by atoms with E-state index in [4.69, 9.17) is 14.7 Å². The Labute approximate surface area is 125 Å². The first-order valence-electron chi connectivity index (χ1n) is 7.65. The number of piperidine rings is 1. The highest BCUT2D eigenvalue weighted by molar-refractivity contribution is 5.42. The maximum atomic E-state index is 8.79. The van der Waals surface area contributed by atoms with Gasteiger partial charge in [0.1, 0.15) is 11.9 Å². The van der Waals surface area contributed by atoms with Gasteiger partial charge in [-0.25, -0.2) is 4.98 Å². The van der Waals surface area contributed by atoms with E-state index in [1.54, 1.807) is 6.20 Å². The number of pyridine rings is 1. The van der Waals surface area contributed by atoms with Crippen LogP contribution in [0.15, 0.2) is 18.3 Å². The van der Waals surface area contributed by atoms with Gasteiger partial charge in [-0.2, -0.15) is 5.26 Å². The number of hydrogen-bond acceptors (Lipinski definition) is 5. The summed E-state index contributed by atoms with van der Waals surface area (Å²) in [5, 5.41) is 8.79. The molecule has 1 atom stereocenters. The fourth-order valence-electron chi connectivity index (χ4n) is 2.88. The maximum Gasteiger partial charge on any atom is 0.128 e. The molecule has 1 unspecified atom stereocenters. The molecule has 0 bridgehead atoms. The van der Waals surface area contributed by atoms with Gasteiger partial charge in [0.25, 0.3) is 0 Å². The molecule has 5 heteroatoms. The summed E-state index contributed by atoms with van der Waals surface area (Å²) in [5.41, 5.74) is 0.607.